The molecule has 198 valence electrons. The number of carbonyl (C=O) groups is 1. The number of aliphatic carboxylic acids is 1. The average Bonchev–Trinajstić information content (AvgIpc) is 3.25. The molecule has 1 heterocycles. The molecular weight excluding hydrogens is 548 g/mol. The van der Waals surface area contributed by atoms with Crippen molar-refractivity contribution in [2.24, 2.45) is 0 Å². The van der Waals surface area contributed by atoms with E-state index >= 15 is 0 Å². The molecule has 0 unspecified atom stereocenters. The fraction of sp³-hybridized carbons (Fsp3) is 0.267. The van der Waals surface area contributed by atoms with Crippen molar-refractivity contribution >= 4 is 21.9 Å². The topological polar surface area (TPSA) is 85.0 Å². The Balaban J connectivity index is 1.55. The molecule has 0 aliphatic heterocycles. The van der Waals surface area contributed by atoms with Gasteiger partial charge >= 0.3 is 5.97 Å². The first kappa shape index (κ1) is 27.4. The fourth-order valence-corrected chi connectivity index (χ4v) is 4.35. The quantitative estimate of drug-likeness (QED) is 0.208. The molecule has 0 saturated carbocycles. The van der Waals surface area contributed by atoms with Crippen molar-refractivity contribution in [3.63, 3.8) is 0 Å². The zero-order valence-corrected chi connectivity index (χ0v) is 23.5. The van der Waals surface area contributed by atoms with Gasteiger partial charge in [0.2, 0.25) is 5.89 Å². The summed E-state index contributed by atoms with van der Waals surface area (Å²) >= 11 is 3.51. The van der Waals surface area contributed by atoms with Crippen LogP contribution < -0.4 is 9.47 Å². The number of ether oxygens (including phenoxy) is 2. The highest BCUT2D eigenvalue weighted by Gasteiger charge is 2.29. The third-order valence-corrected chi connectivity index (χ3v) is 6.61. The fourth-order valence-electron chi connectivity index (χ4n) is 3.95. The molecule has 4 rings (SSSR count). The zero-order chi connectivity index (χ0) is 27.3. The Labute approximate surface area is 231 Å². The molecule has 0 saturated heterocycles. The van der Waals surface area contributed by atoms with Crippen molar-refractivity contribution in [3.05, 3.63) is 99.9 Å². The Hall–Kier alpha value is -3.62. The first-order chi connectivity index (χ1) is 18.1. The predicted octanol–water partition coefficient (Wildman–Crippen LogP) is 6.87. The summed E-state index contributed by atoms with van der Waals surface area (Å²) in [5, 5.41) is 9.34. The Morgan fingerprint density at radius 2 is 1.58 bits per heavy atom. The van der Waals surface area contributed by atoms with Crippen molar-refractivity contribution in [1.82, 2.24) is 9.88 Å². The molecule has 0 fully saturated rings. The zero-order valence-electron chi connectivity index (χ0n) is 21.9. The number of nitrogens with zero attached hydrogens (tertiary/aromatic N) is 2. The highest BCUT2D eigenvalue weighted by Crippen LogP contribution is 2.27. The van der Waals surface area contributed by atoms with E-state index in [4.69, 9.17) is 18.9 Å². The van der Waals surface area contributed by atoms with Crippen LogP contribution in [0.15, 0.2) is 81.7 Å². The van der Waals surface area contributed by atoms with Crippen molar-refractivity contribution < 1.29 is 23.8 Å². The molecule has 3 aromatic carbocycles. The van der Waals surface area contributed by atoms with Crippen LogP contribution in [0.5, 0.6) is 11.5 Å². The third-order valence-electron chi connectivity index (χ3n) is 6.12. The van der Waals surface area contributed by atoms with Crippen LogP contribution in [0, 0.1) is 6.92 Å². The summed E-state index contributed by atoms with van der Waals surface area (Å²) < 4.78 is 18.0. The van der Waals surface area contributed by atoms with Gasteiger partial charge in [-0.05, 0) is 74.4 Å². The van der Waals surface area contributed by atoms with Crippen LogP contribution in [0.3, 0.4) is 0 Å². The Morgan fingerprint density at radius 1 is 0.974 bits per heavy atom. The van der Waals surface area contributed by atoms with Gasteiger partial charge in [0, 0.05) is 29.7 Å². The van der Waals surface area contributed by atoms with Gasteiger partial charge in [-0.2, -0.15) is 0 Å². The van der Waals surface area contributed by atoms with E-state index in [1.807, 2.05) is 55.5 Å². The maximum absolute atomic E-state index is 11.4. The highest BCUT2D eigenvalue weighted by molar-refractivity contribution is 9.10. The molecule has 1 aromatic heterocycles. The summed E-state index contributed by atoms with van der Waals surface area (Å²) in [6, 6.07) is 23.4. The maximum Gasteiger partial charge on any atom is 0.347 e. The SMILES string of the molecule is COc1ccc(CN(Cc2ccc(OC(C)(C)C(=O)O)cc2)Cc2nc(-c3cccc(Br)c3)oc2C)cc1. The number of carboxylic acid groups (broad SMARTS) is 1. The van der Waals surface area contributed by atoms with E-state index in [1.165, 1.54) is 13.8 Å². The van der Waals surface area contributed by atoms with Crippen LogP contribution in [0.25, 0.3) is 11.5 Å². The molecule has 0 spiro atoms. The lowest BCUT2D eigenvalue weighted by molar-refractivity contribution is -0.152. The van der Waals surface area contributed by atoms with E-state index in [1.54, 1.807) is 19.2 Å². The van der Waals surface area contributed by atoms with Gasteiger partial charge in [0.25, 0.3) is 0 Å². The van der Waals surface area contributed by atoms with Crippen molar-refractivity contribution in [1.29, 1.82) is 0 Å². The van der Waals surface area contributed by atoms with Gasteiger partial charge in [0.05, 0.1) is 12.8 Å². The molecule has 7 nitrogen and oxygen atoms in total. The number of carboxylic acids is 1. The summed E-state index contributed by atoms with van der Waals surface area (Å²) in [6.45, 7) is 6.91. The van der Waals surface area contributed by atoms with Crippen LogP contribution in [-0.2, 0) is 24.4 Å². The van der Waals surface area contributed by atoms with Crippen LogP contribution in [-0.4, -0.2) is 33.7 Å². The molecule has 0 aliphatic carbocycles. The molecule has 8 heteroatoms. The lowest BCUT2D eigenvalue weighted by Crippen LogP contribution is -2.37. The first-order valence-electron chi connectivity index (χ1n) is 12.2. The molecule has 38 heavy (non-hydrogen) atoms. The molecule has 1 N–H and O–H groups in total. The van der Waals surface area contributed by atoms with Gasteiger partial charge in [-0.1, -0.05) is 46.3 Å². The predicted molar refractivity (Wildman–Crippen MR) is 149 cm³/mol. The van der Waals surface area contributed by atoms with E-state index in [0.717, 1.165) is 38.4 Å². The molecule has 4 aromatic rings. The van der Waals surface area contributed by atoms with Crippen molar-refractivity contribution in [2.45, 2.75) is 46.0 Å². The number of benzene rings is 3. The molecule has 0 bridgehead atoms. The van der Waals surface area contributed by atoms with E-state index < -0.39 is 11.6 Å². The van der Waals surface area contributed by atoms with Crippen LogP contribution >= 0.6 is 15.9 Å². The van der Waals surface area contributed by atoms with Crippen molar-refractivity contribution in [3.8, 4) is 23.0 Å². The second-order valence-electron chi connectivity index (χ2n) is 9.59. The van der Waals surface area contributed by atoms with Crippen LogP contribution in [0.2, 0.25) is 0 Å². The van der Waals surface area contributed by atoms with E-state index in [-0.39, 0.29) is 0 Å². The number of methoxy groups -OCH3 is 1. The lowest BCUT2D eigenvalue weighted by Gasteiger charge is -2.23. The van der Waals surface area contributed by atoms with Gasteiger partial charge < -0.3 is 19.0 Å². The third kappa shape index (κ3) is 7.02. The summed E-state index contributed by atoms with van der Waals surface area (Å²) in [6.07, 6.45) is 0. The maximum atomic E-state index is 11.4. The Morgan fingerprint density at radius 3 is 2.13 bits per heavy atom. The van der Waals surface area contributed by atoms with Gasteiger partial charge in [-0.3, -0.25) is 4.90 Å². The molecule has 0 radical (unpaired) electrons. The molecule has 0 amide bonds. The number of hydrogen-bond acceptors (Lipinski definition) is 6. The number of oxazole rings is 1. The largest absolute Gasteiger partial charge is 0.497 e. The normalized spacial score (nSPS) is 11.5. The smallest absolute Gasteiger partial charge is 0.347 e. The lowest BCUT2D eigenvalue weighted by atomic mass is 10.1. The monoisotopic (exact) mass is 578 g/mol. The Kier molecular flexibility index (Phi) is 8.54. The summed E-state index contributed by atoms with van der Waals surface area (Å²) in [5.74, 6) is 1.67. The summed E-state index contributed by atoms with van der Waals surface area (Å²) in [4.78, 5) is 18.5. The van der Waals surface area contributed by atoms with Gasteiger partial charge in [0.15, 0.2) is 5.60 Å². The van der Waals surface area contributed by atoms with E-state index in [9.17, 15) is 9.90 Å². The standard InChI is InChI=1S/C30H31BrN2O5/c1-20-27(32-28(37-20)23-6-5-7-24(31)16-23)19-33(17-21-8-12-25(36-4)13-9-21)18-22-10-14-26(15-11-22)38-30(2,3)29(34)35/h5-16H,17-19H2,1-4H3,(H,34,35). The highest BCUT2D eigenvalue weighted by atomic mass is 79.9. The van der Waals surface area contributed by atoms with Crippen LogP contribution in [0.1, 0.15) is 36.4 Å². The minimum atomic E-state index is -1.31. The number of aryl methyl sites for hydroxylation is 1. The second kappa shape index (κ2) is 11.8. The second-order valence-corrected chi connectivity index (χ2v) is 10.5. The molecular formula is C30H31BrN2O5. The summed E-state index contributed by atoms with van der Waals surface area (Å²) in [5.41, 5.74) is 2.68. The minimum Gasteiger partial charge on any atom is -0.497 e. The van der Waals surface area contributed by atoms with Crippen molar-refractivity contribution in [2.75, 3.05) is 7.11 Å². The number of halogens is 1. The summed E-state index contributed by atoms with van der Waals surface area (Å²) in [7, 11) is 1.66. The number of hydrogen-bond donors (Lipinski definition) is 1. The van der Waals surface area contributed by atoms with E-state index in [2.05, 4.69) is 33.0 Å². The average molecular weight is 579 g/mol. The van der Waals surface area contributed by atoms with E-state index in [0.29, 0.717) is 31.3 Å². The number of aromatic nitrogens is 1. The Bertz CT molecular complexity index is 1380. The molecule has 0 atom stereocenters. The van der Waals surface area contributed by atoms with Gasteiger partial charge in [-0.25, -0.2) is 9.78 Å². The number of rotatable bonds is 11. The van der Waals surface area contributed by atoms with Gasteiger partial charge in [0.1, 0.15) is 17.3 Å². The van der Waals surface area contributed by atoms with Gasteiger partial charge in [-0.15, -0.1) is 0 Å². The first-order valence-corrected chi connectivity index (χ1v) is 13.0. The minimum absolute atomic E-state index is 0.508. The van der Waals surface area contributed by atoms with Crippen LogP contribution in [0.4, 0.5) is 0 Å². The molecule has 0 aliphatic rings.